The van der Waals surface area contributed by atoms with E-state index in [1.165, 1.54) is 0 Å². The first-order valence-electron chi connectivity index (χ1n) is 5.87. The first-order valence-corrected chi connectivity index (χ1v) is 6.63. The number of hydrogen-bond acceptors (Lipinski definition) is 1. The molecule has 0 bridgehead atoms. The molecule has 0 amide bonds. The molecule has 0 spiro atoms. The molecule has 94 valence electrons. The van der Waals surface area contributed by atoms with Crippen LogP contribution in [0.5, 0.6) is 0 Å². The molecule has 0 saturated heterocycles. The van der Waals surface area contributed by atoms with Gasteiger partial charge in [-0.3, -0.25) is 0 Å². The largest absolute Gasteiger partial charge is 0.310 e. The lowest BCUT2D eigenvalue weighted by atomic mass is 10.0. The van der Waals surface area contributed by atoms with Gasteiger partial charge in [0.05, 0.1) is 0 Å². The SMILES string of the molecule is C=C(C)C(Cc1ccc(Cl)cc1Cl)NCCC. The van der Waals surface area contributed by atoms with Crippen molar-refractivity contribution in [2.24, 2.45) is 0 Å². The smallest absolute Gasteiger partial charge is 0.0453 e. The van der Waals surface area contributed by atoms with Gasteiger partial charge in [0.25, 0.3) is 0 Å². The molecule has 0 fully saturated rings. The summed E-state index contributed by atoms with van der Waals surface area (Å²) in [5.41, 5.74) is 2.23. The molecule has 0 aliphatic heterocycles. The zero-order valence-corrected chi connectivity index (χ0v) is 11.9. The van der Waals surface area contributed by atoms with Gasteiger partial charge in [0.15, 0.2) is 0 Å². The normalized spacial score (nSPS) is 12.5. The molecule has 0 aliphatic carbocycles. The van der Waals surface area contributed by atoms with Gasteiger partial charge >= 0.3 is 0 Å². The fourth-order valence-electron chi connectivity index (χ4n) is 1.65. The number of benzene rings is 1. The van der Waals surface area contributed by atoms with Gasteiger partial charge in [0.1, 0.15) is 0 Å². The number of rotatable bonds is 6. The number of halogens is 2. The summed E-state index contributed by atoms with van der Waals surface area (Å²) in [6.45, 7) is 9.20. The average molecular weight is 272 g/mol. The first kappa shape index (κ1) is 14.6. The second kappa shape index (κ2) is 7.05. The van der Waals surface area contributed by atoms with Crippen LogP contribution in [-0.2, 0) is 6.42 Å². The number of nitrogens with one attached hydrogen (secondary N) is 1. The molecule has 0 saturated carbocycles. The molecule has 0 aromatic heterocycles. The topological polar surface area (TPSA) is 12.0 Å². The summed E-state index contributed by atoms with van der Waals surface area (Å²) in [6, 6.07) is 5.91. The van der Waals surface area contributed by atoms with Gasteiger partial charge in [-0.25, -0.2) is 0 Å². The Kier molecular flexibility index (Phi) is 6.04. The molecular formula is C14H19Cl2N. The maximum atomic E-state index is 6.17. The van der Waals surface area contributed by atoms with Gasteiger partial charge in [-0.05, 0) is 44.0 Å². The highest BCUT2D eigenvalue weighted by molar-refractivity contribution is 6.35. The average Bonchev–Trinajstić information content (AvgIpc) is 2.26. The Morgan fingerprint density at radius 1 is 1.41 bits per heavy atom. The third-order valence-corrected chi connectivity index (χ3v) is 3.26. The van der Waals surface area contributed by atoms with E-state index in [1.54, 1.807) is 6.07 Å². The molecule has 1 aromatic carbocycles. The van der Waals surface area contributed by atoms with Crippen LogP contribution < -0.4 is 5.32 Å². The Morgan fingerprint density at radius 3 is 2.65 bits per heavy atom. The van der Waals surface area contributed by atoms with Gasteiger partial charge in [0.2, 0.25) is 0 Å². The predicted octanol–water partition coefficient (Wildman–Crippen LogP) is 4.48. The highest BCUT2D eigenvalue weighted by Crippen LogP contribution is 2.23. The third kappa shape index (κ3) is 4.71. The summed E-state index contributed by atoms with van der Waals surface area (Å²) in [6.07, 6.45) is 1.96. The van der Waals surface area contributed by atoms with E-state index in [1.807, 2.05) is 19.1 Å². The second-order valence-electron chi connectivity index (χ2n) is 4.29. The van der Waals surface area contributed by atoms with Crippen molar-refractivity contribution in [3.63, 3.8) is 0 Å². The van der Waals surface area contributed by atoms with Crippen LogP contribution in [0.2, 0.25) is 10.0 Å². The van der Waals surface area contributed by atoms with Crippen molar-refractivity contribution >= 4 is 23.2 Å². The maximum Gasteiger partial charge on any atom is 0.0453 e. The van der Waals surface area contributed by atoms with E-state index < -0.39 is 0 Å². The van der Waals surface area contributed by atoms with Crippen molar-refractivity contribution in [1.82, 2.24) is 5.32 Å². The van der Waals surface area contributed by atoms with Crippen molar-refractivity contribution in [1.29, 1.82) is 0 Å². The summed E-state index contributed by atoms with van der Waals surface area (Å²) >= 11 is 12.1. The van der Waals surface area contributed by atoms with E-state index in [2.05, 4.69) is 18.8 Å². The van der Waals surface area contributed by atoms with Gasteiger partial charge in [-0.1, -0.05) is 48.3 Å². The molecule has 1 atom stereocenters. The van der Waals surface area contributed by atoms with Crippen molar-refractivity contribution in [2.45, 2.75) is 32.7 Å². The summed E-state index contributed by atoms with van der Waals surface area (Å²) in [5, 5.41) is 4.87. The van der Waals surface area contributed by atoms with Crippen molar-refractivity contribution in [3.8, 4) is 0 Å². The van der Waals surface area contributed by atoms with E-state index >= 15 is 0 Å². The molecule has 17 heavy (non-hydrogen) atoms. The fraction of sp³-hybridized carbons (Fsp3) is 0.429. The van der Waals surface area contributed by atoms with E-state index in [0.717, 1.165) is 35.5 Å². The molecule has 1 nitrogen and oxygen atoms in total. The second-order valence-corrected chi connectivity index (χ2v) is 5.14. The Labute approximate surface area is 114 Å². The van der Waals surface area contributed by atoms with Gasteiger partial charge in [-0.2, -0.15) is 0 Å². The van der Waals surface area contributed by atoms with Gasteiger partial charge in [0, 0.05) is 16.1 Å². The molecule has 1 rings (SSSR count). The molecule has 1 N–H and O–H groups in total. The van der Waals surface area contributed by atoms with Crippen LogP contribution in [0.3, 0.4) is 0 Å². The zero-order valence-electron chi connectivity index (χ0n) is 10.4. The fourth-order valence-corrected chi connectivity index (χ4v) is 2.13. The van der Waals surface area contributed by atoms with Crippen LogP contribution in [0.1, 0.15) is 25.8 Å². The molecule has 0 radical (unpaired) electrons. The third-order valence-electron chi connectivity index (χ3n) is 2.67. The van der Waals surface area contributed by atoms with E-state index in [4.69, 9.17) is 23.2 Å². The van der Waals surface area contributed by atoms with Crippen LogP contribution in [0.15, 0.2) is 30.4 Å². The minimum atomic E-state index is 0.272. The summed E-state index contributed by atoms with van der Waals surface area (Å²) < 4.78 is 0. The van der Waals surface area contributed by atoms with Crippen LogP contribution in [0.25, 0.3) is 0 Å². The molecule has 1 aromatic rings. The molecule has 1 unspecified atom stereocenters. The van der Waals surface area contributed by atoms with Crippen molar-refractivity contribution < 1.29 is 0 Å². The number of hydrogen-bond donors (Lipinski definition) is 1. The Bertz CT molecular complexity index is 388. The lowest BCUT2D eigenvalue weighted by molar-refractivity contribution is 0.564. The minimum Gasteiger partial charge on any atom is -0.310 e. The Balaban J connectivity index is 2.75. The van der Waals surface area contributed by atoms with E-state index in [-0.39, 0.29) is 6.04 Å². The molecule has 0 aliphatic rings. The molecule has 0 heterocycles. The van der Waals surface area contributed by atoms with E-state index in [9.17, 15) is 0 Å². The monoisotopic (exact) mass is 271 g/mol. The zero-order chi connectivity index (χ0) is 12.8. The summed E-state index contributed by atoms with van der Waals surface area (Å²) in [5.74, 6) is 0. The van der Waals surface area contributed by atoms with Crippen LogP contribution in [0.4, 0.5) is 0 Å². The first-order chi connectivity index (χ1) is 8.04. The van der Waals surface area contributed by atoms with Gasteiger partial charge in [-0.15, -0.1) is 0 Å². The van der Waals surface area contributed by atoms with Crippen LogP contribution >= 0.6 is 23.2 Å². The minimum absolute atomic E-state index is 0.272. The van der Waals surface area contributed by atoms with Crippen LogP contribution in [-0.4, -0.2) is 12.6 Å². The molecular weight excluding hydrogens is 253 g/mol. The summed E-state index contributed by atoms with van der Waals surface area (Å²) in [4.78, 5) is 0. The quantitative estimate of drug-likeness (QED) is 0.753. The predicted molar refractivity (Wildman–Crippen MR) is 77.1 cm³/mol. The van der Waals surface area contributed by atoms with Crippen molar-refractivity contribution in [2.75, 3.05) is 6.54 Å². The van der Waals surface area contributed by atoms with Crippen molar-refractivity contribution in [3.05, 3.63) is 46.0 Å². The van der Waals surface area contributed by atoms with Gasteiger partial charge < -0.3 is 5.32 Å². The Hall–Kier alpha value is -0.500. The highest BCUT2D eigenvalue weighted by Gasteiger charge is 2.11. The van der Waals surface area contributed by atoms with E-state index in [0.29, 0.717) is 5.02 Å². The molecule has 3 heteroatoms. The summed E-state index contributed by atoms with van der Waals surface area (Å²) in [7, 11) is 0. The lowest BCUT2D eigenvalue weighted by Crippen LogP contribution is -2.32. The standard InChI is InChI=1S/C14H19Cl2N/c1-4-7-17-14(10(2)3)8-11-5-6-12(15)9-13(11)16/h5-6,9,14,17H,2,4,7-8H2,1,3H3. The maximum absolute atomic E-state index is 6.17. The van der Waals surface area contributed by atoms with Crippen LogP contribution in [0, 0.1) is 0 Å². The Morgan fingerprint density at radius 2 is 2.12 bits per heavy atom. The lowest BCUT2D eigenvalue weighted by Gasteiger charge is -2.19. The highest BCUT2D eigenvalue weighted by atomic mass is 35.5.